The Morgan fingerprint density at radius 3 is 2.39 bits per heavy atom. The SMILES string of the molecule is CC(=O)N(CC(=O)Nc1ccc(Cl)cc1C)c1ccc(Br)cc1. The molecule has 0 fully saturated rings. The summed E-state index contributed by atoms with van der Waals surface area (Å²) >= 11 is 9.25. The molecule has 0 radical (unpaired) electrons. The van der Waals surface area contributed by atoms with Gasteiger partial charge >= 0.3 is 0 Å². The molecule has 0 aromatic heterocycles. The molecule has 2 rings (SSSR count). The molecule has 0 saturated heterocycles. The lowest BCUT2D eigenvalue weighted by Gasteiger charge is -2.21. The maximum atomic E-state index is 12.3. The van der Waals surface area contributed by atoms with Gasteiger partial charge in [-0.2, -0.15) is 0 Å². The predicted octanol–water partition coefficient (Wildman–Crippen LogP) is 4.40. The second-order valence-corrected chi connectivity index (χ2v) is 6.44. The second-order valence-electron chi connectivity index (χ2n) is 5.09. The molecule has 0 aliphatic carbocycles. The number of carbonyl (C=O) groups is 2. The van der Waals surface area contributed by atoms with E-state index in [4.69, 9.17) is 11.6 Å². The Kier molecular flexibility index (Phi) is 5.80. The van der Waals surface area contributed by atoms with Crippen LogP contribution in [0.4, 0.5) is 11.4 Å². The van der Waals surface area contributed by atoms with Crippen LogP contribution in [0.3, 0.4) is 0 Å². The summed E-state index contributed by atoms with van der Waals surface area (Å²) in [6.07, 6.45) is 0. The molecule has 120 valence electrons. The molecule has 0 bridgehead atoms. The fourth-order valence-electron chi connectivity index (χ4n) is 2.11. The zero-order valence-corrected chi connectivity index (χ0v) is 15.1. The Hall–Kier alpha value is -1.85. The average Bonchev–Trinajstić information content (AvgIpc) is 2.48. The van der Waals surface area contributed by atoms with Gasteiger partial charge in [0.1, 0.15) is 6.54 Å². The molecular weight excluding hydrogens is 380 g/mol. The Balaban J connectivity index is 2.12. The molecule has 6 heteroatoms. The number of anilines is 2. The van der Waals surface area contributed by atoms with E-state index in [1.54, 1.807) is 30.3 Å². The molecule has 2 aromatic rings. The van der Waals surface area contributed by atoms with Gasteiger partial charge in [-0.3, -0.25) is 9.59 Å². The van der Waals surface area contributed by atoms with Crippen LogP contribution in [0.5, 0.6) is 0 Å². The van der Waals surface area contributed by atoms with Crippen LogP contribution in [0.2, 0.25) is 5.02 Å². The van der Waals surface area contributed by atoms with Crippen molar-refractivity contribution in [2.24, 2.45) is 0 Å². The average molecular weight is 396 g/mol. The number of aryl methyl sites for hydroxylation is 1. The van der Waals surface area contributed by atoms with E-state index in [0.717, 1.165) is 10.0 Å². The topological polar surface area (TPSA) is 49.4 Å². The molecule has 23 heavy (non-hydrogen) atoms. The lowest BCUT2D eigenvalue weighted by molar-refractivity contribution is -0.120. The predicted molar refractivity (Wildman–Crippen MR) is 97.0 cm³/mol. The Morgan fingerprint density at radius 2 is 1.83 bits per heavy atom. The molecule has 0 atom stereocenters. The van der Waals surface area contributed by atoms with Crippen molar-refractivity contribution >= 4 is 50.7 Å². The van der Waals surface area contributed by atoms with Crippen LogP contribution < -0.4 is 10.2 Å². The number of halogens is 2. The summed E-state index contributed by atoms with van der Waals surface area (Å²) in [6, 6.07) is 12.4. The molecule has 0 unspecified atom stereocenters. The fourth-order valence-corrected chi connectivity index (χ4v) is 2.60. The second kappa shape index (κ2) is 7.62. The first kappa shape index (κ1) is 17.5. The molecule has 0 heterocycles. The Labute approximate surface area is 148 Å². The number of nitrogens with zero attached hydrogens (tertiary/aromatic N) is 1. The smallest absolute Gasteiger partial charge is 0.244 e. The minimum absolute atomic E-state index is 0.0565. The third-order valence-corrected chi connectivity index (χ3v) is 4.05. The van der Waals surface area contributed by atoms with Gasteiger partial charge < -0.3 is 10.2 Å². The van der Waals surface area contributed by atoms with Gasteiger partial charge in [0.15, 0.2) is 0 Å². The van der Waals surface area contributed by atoms with E-state index in [-0.39, 0.29) is 18.4 Å². The van der Waals surface area contributed by atoms with Gasteiger partial charge in [-0.05, 0) is 55.0 Å². The van der Waals surface area contributed by atoms with Gasteiger partial charge in [0.2, 0.25) is 11.8 Å². The van der Waals surface area contributed by atoms with E-state index in [9.17, 15) is 9.59 Å². The number of nitrogens with one attached hydrogen (secondary N) is 1. The highest BCUT2D eigenvalue weighted by Gasteiger charge is 2.16. The summed E-state index contributed by atoms with van der Waals surface area (Å²) in [6.45, 7) is 3.24. The maximum absolute atomic E-state index is 12.3. The largest absolute Gasteiger partial charge is 0.324 e. The van der Waals surface area contributed by atoms with E-state index >= 15 is 0 Å². The van der Waals surface area contributed by atoms with Crippen LogP contribution in [0.1, 0.15) is 12.5 Å². The van der Waals surface area contributed by atoms with Gasteiger partial charge in [0.25, 0.3) is 0 Å². The molecule has 4 nitrogen and oxygen atoms in total. The quantitative estimate of drug-likeness (QED) is 0.834. The highest BCUT2D eigenvalue weighted by Crippen LogP contribution is 2.21. The van der Waals surface area contributed by atoms with Crippen LogP contribution in [-0.2, 0) is 9.59 Å². The van der Waals surface area contributed by atoms with Crippen LogP contribution in [0, 0.1) is 6.92 Å². The van der Waals surface area contributed by atoms with Crippen molar-refractivity contribution in [2.75, 3.05) is 16.8 Å². The molecular formula is C17H16BrClN2O2. The Morgan fingerprint density at radius 1 is 1.17 bits per heavy atom. The van der Waals surface area contributed by atoms with E-state index in [0.29, 0.717) is 16.4 Å². The monoisotopic (exact) mass is 394 g/mol. The highest BCUT2D eigenvalue weighted by atomic mass is 79.9. The zero-order chi connectivity index (χ0) is 17.0. The molecule has 0 saturated carbocycles. The summed E-state index contributed by atoms with van der Waals surface area (Å²) in [7, 11) is 0. The number of hydrogen-bond donors (Lipinski definition) is 1. The van der Waals surface area contributed by atoms with Gasteiger partial charge in [0.05, 0.1) is 0 Å². The first-order valence-corrected chi connectivity index (χ1v) is 8.13. The molecule has 2 aromatic carbocycles. The summed E-state index contributed by atoms with van der Waals surface area (Å²) in [4.78, 5) is 25.5. The third kappa shape index (κ3) is 4.81. The van der Waals surface area contributed by atoms with E-state index < -0.39 is 0 Å². The summed E-state index contributed by atoms with van der Waals surface area (Å²) in [5.74, 6) is -0.469. The number of carbonyl (C=O) groups excluding carboxylic acids is 2. The van der Waals surface area contributed by atoms with E-state index in [1.165, 1.54) is 11.8 Å². The van der Waals surface area contributed by atoms with Crippen molar-refractivity contribution in [3.05, 3.63) is 57.5 Å². The van der Waals surface area contributed by atoms with Crippen LogP contribution >= 0.6 is 27.5 Å². The van der Waals surface area contributed by atoms with E-state index in [2.05, 4.69) is 21.2 Å². The van der Waals surface area contributed by atoms with Crippen LogP contribution in [0.15, 0.2) is 46.9 Å². The molecule has 2 amide bonds. The molecule has 0 aliphatic rings. The lowest BCUT2D eigenvalue weighted by atomic mass is 10.2. The van der Waals surface area contributed by atoms with Crippen molar-refractivity contribution in [1.29, 1.82) is 0 Å². The van der Waals surface area contributed by atoms with Crippen molar-refractivity contribution < 1.29 is 9.59 Å². The summed E-state index contributed by atoms with van der Waals surface area (Å²) < 4.78 is 0.908. The van der Waals surface area contributed by atoms with Crippen molar-refractivity contribution in [1.82, 2.24) is 0 Å². The standard InChI is InChI=1S/C17H16BrClN2O2/c1-11-9-14(19)5-8-16(11)20-17(23)10-21(12(2)22)15-6-3-13(18)4-7-15/h3-9H,10H2,1-2H3,(H,20,23). The number of amides is 2. The van der Waals surface area contributed by atoms with Gasteiger partial charge in [-0.25, -0.2) is 0 Å². The number of benzene rings is 2. The minimum Gasteiger partial charge on any atom is -0.324 e. The van der Waals surface area contributed by atoms with Crippen molar-refractivity contribution in [3.63, 3.8) is 0 Å². The zero-order valence-electron chi connectivity index (χ0n) is 12.8. The van der Waals surface area contributed by atoms with Gasteiger partial charge in [0, 0.05) is 27.8 Å². The number of rotatable bonds is 4. The van der Waals surface area contributed by atoms with Gasteiger partial charge in [-0.1, -0.05) is 27.5 Å². The van der Waals surface area contributed by atoms with Gasteiger partial charge in [-0.15, -0.1) is 0 Å². The molecule has 1 N–H and O–H groups in total. The van der Waals surface area contributed by atoms with Crippen molar-refractivity contribution in [3.8, 4) is 0 Å². The third-order valence-electron chi connectivity index (χ3n) is 3.28. The Bertz CT molecular complexity index is 732. The molecule has 0 spiro atoms. The van der Waals surface area contributed by atoms with Crippen molar-refractivity contribution in [2.45, 2.75) is 13.8 Å². The van der Waals surface area contributed by atoms with Crippen LogP contribution in [0.25, 0.3) is 0 Å². The highest BCUT2D eigenvalue weighted by molar-refractivity contribution is 9.10. The first-order valence-electron chi connectivity index (χ1n) is 6.96. The lowest BCUT2D eigenvalue weighted by Crippen LogP contribution is -2.36. The normalized spacial score (nSPS) is 10.3. The number of hydrogen-bond acceptors (Lipinski definition) is 2. The maximum Gasteiger partial charge on any atom is 0.244 e. The summed E-state index contributed by atoms with van der Waals surface area (Å²) in [5.41, 5.74) is 2.21. The molecule has 0 aliphatic heterocycles. The van der Waals surface area contributed by atoms with E-state index in [1.807, 2.05) is 19.1 Å². The fraction of sp³-hybridized carbons (Fsp3) is 0.176. The minimum atomic E-state index is -0.270. The first-order chi connectivity index (χ1) is 10.9. The summed E-state index contributed by atoms with van der Waals surface area (Å²) in [5, 5.41) is 3.41. The van der Waals surface area contributed by atoms with Crippen LogP contribution in [-0.4, -0.2) is 18.4 Å².